The largest absolute Gasteiger partial charge is 0.453 e. The quantitative estimate of drug-likeness (QED) is 0.691. The van der Waals surface area contributed by atoms with Gasteiger partial charge >= 0.3 is 6.18 Å². The first-order valence-corrected chi connectivity index (χ1v) is 8.51. The Labute approximate surface area is 149 Å². The van der Waals surface area contributed by atoms with Gasteiger partial charge in [-0.05, 0) is 38.8 Å². The van der Waals surface area contributed by atoms with Gasteiger partial charge in [-0.25, -0.2) is 9.50 Å². The molecule has 1 amide bonds. The maximum atomic E-state index is 12.8. The number of rotatable bonds is 8. The lowest BCUT2D eigenvalue weighted by molar-refractivity contribution is -0.144. The van der Waals surface area contributed by atoms with Crippen LogP contribution in [0.15, 0.2) is 0 Å². The Balaban J connectivity index is 2.04. The maximum Gasteiger partial charge on any atom is 0.453 e. The SMILES string of the molecule is CCCNCCNC(=O)CCc1c(C)nc2nc(C(F)(F)F)nn2c1C. The van der Waals surface area contributed by atoms with Crippen LogP contribution in [0.2, 0.25) is 0 Å². The van der Waals surface area contributed by atoms with Crippen LogP contribution < -0.4 is 10.6 Å². The van der Waals surface area contributed by atoms with Gasteiger partial charge in [0, 0.05) is 30.9 Å². The van der Waals surface area contributed by atoms with Gasteiger partial charge in [-0.2, -0.15) is 18.2 Å². The molecule has 2 heterocycles. The fourth-order valence-corrected chi connectivity index (χ4v) is 2.61. The Kier molecular flexibility index (Phi) is 6.52. The number of hydrogen-bond donors (Lipinski definition) is 2. The highest BCUT2D eigenvalue weighted by molar-refractivity contribution is 5.76. The minimum absolute atomic E-state index is 0.0949. The van der Waals surface area contributed by atoms with Gasteiger partial charge in [0.2, 0.25) is 5.91 Å². The highest BCUT2D eigenvalue weighted by Gasteiger charge is 2.36. The van der Waals surface area contributed by atoms with Crippen LogP contribution in [-0.4, -0.2) is 45.1 Å². The fraction of sp³-hybridized carbons (Fsp3) is 0.625. The summed E-state index contributed by atoms with van der Waals surface area (Å²) in [5.41, 5.74) is 1.76. The highest BCUT2D eigenvalue weighted by atomic mass is 19.4. The van der Waals surface area contributed by atoms with E-state index in [1.54, 1.807) is 13.8 Å². The molecular formula is C16H23F3N6O. The van der Waals surface area contributed by atoms with Crippen molar-refractivity contribution in [3.63, 3.8) is 0 Å². The van der Waals surface area contributed by atoms with E-state index < -0.39 is 12.0 Å². The summed E-state index contributed by atoms with van der Waals surface area (Å²) in [5, 5.41) is 9.49. The molecule has 0 bridgehead atoms. The number of alkyl halides is 3. The first-order valence-electron chi connectivity index (χ1n) is 8.51. The average Bonchev–Trinajstić information content (AvgIpc) is 2.99. The molecule has 10 heteroatoms. The molecule has 0 aliphatic carbocycles. The molecule has 0 unspecified atom stereocenters. The van der Waals surface area contributed by atoms with Crippen molar-refractivity contribution >= 4 is 11.7 Å². The lowest BCUT2D eigenvalue weighted by atomic mass is 10.1. The first-order chi connectivity index (χ1) is 12.2. The Morgan fingerprint density at radius 1 is 1.15 bits per heavy atom. The van der Waals surface area contributed by atoms with Crippen molar-refractivity contribution in [1.82, 2.24) is 30.2 Å². The van der Waals surface area contributed by atoms with Crippen LogP contribution in [0.5, 0.6) is 0 Å². The Bertz CT molecular complexity index is 771. The van der Waals surface area contributed by atoms with Crippen molar-refractivity contribution < 1.29 is 18.0 Å². The molecular weight excluding hydrogens is 349 g/mol. The number of carbonyl (C=O) groups is 1. The molecule has 0 radical (unpaired) electrons. The van der Waals surface area contributed by atoms with E-state index in [1.165, 1.54) is 0 Å². The third-order valence-electron chi connectivity index (χ3n) is 3.96. The molecule has 0 aliphatic rings. The summed E-state index contributed by atoms with van der Waals surface area (Å²) in [6.45, 7) is 7.54. The molecule has 0 spiro atoms. The summed E-state index contributed by atoms with van der Waals surface area (Å²) in [7, 11) is 0. The normalized spacial score (nSPS) is 11.9. The van der Waals surface area contributed by atoms with E-state index in [0.717, 1.165) is 17.5 Å². The minimum Gasteiger partial charge on any atom is -0.355 e. The van der Waals surface area contributed by atoms with Crippen LogP contribution in [0, 0.1) is 13.8 Å². The van der Waals surface area contributed by atoms with Crippen LogP contribution in [0.4, 0.5) is 13.2 Å². The fourth-order valence-electron chi connectivity index (χ4n) is 2.61. The maximum absolute atomic E-state index is 12.8. The molecule has 7 nitrogen and oxygen atoms in total. The topological polar surface area (TPSA) is 84.2 Å². The number of amides is 1. The summed E-state index contributed by atoms with van der Waals surface area (Å²) >= 11 is 0. The molecule has 144 valence electrons. The highest BCUT2D eigenvalue weighted by Crippen LogP contribution is 2.27. The number of nitrogens with one attached hydrogen (secondary N) is 2. The van der Waals surface area contributed by atoms with E-state index in [1.807, 2.05) is 0 Å². The molecule has 0 atom stereocenters. The zero-order chi connectivity index (χ0) is 19.3. The molecule has 0 aromatic carbocycles. The molecule has 0 aliphatic heterocycles. The van der Waals surface area contributed by atoms with E-state index in [9.17, 15) is 18.0 Å². The number of fused-ring (bicyclic) bond motifs is 1. The van der Waals surface area contributed by atoms with Crippen LogP contribution in [0.1, 0.15) is 42.5 Å². The van der Waals surface area contributed by atoms with Crippen molar-refractivity contribution in [2.45, 2.75) is 46.2 Å². The van der Waals surface area contributed by atoms with Crippen LogP contribution in [-0.2, 0) is 17.4 Å². The third-order valence-corrected chi connectivity index (χ3v) is 3.96. The van der Waals surface area contributed by atoms with Crippen molar-refractivity contribution in [2.24, 2.45) is 0 Å². The lowest BCUT2D eigenvalue weighted by Gasteiger charge is -2.10. The van der Waals surface area contributed by atoms with Gasteiger partial charge in [0.05, 0.1) is 0 Å². The van der Waals surface area contributed by atoms with Crippen LogP contribution >= 0.6 is 0 Å². The van der Waals surface area contributed by atoms with Gasteiger partial charge in [0.25, 0.3) is 11.6 Å². The second kappa shape index (κ2) is 8.43. The zero-order valence-corrected chi connectivity index (χ0v) is 15.1. The second-order valence-corrected chi connectivity index (χ2v) is 6.01. The van der Waals surface area contributed by atoms with E-state index in [0.29, 0.717) is 36.5 Å². The second-order valence-electron chi connectivity index (χ2n) is 6.01. The minimum atomic E-state index is -4.63. The van der Waals surface area contributed by atoms with Gasteiger partial charge in [0.15, 0.2) is 0 Å². The van der Waals surface area contributed by atoms with Gasteiger partial charge in [-0.3, -0.25) is 4.79 Å². The summed E-state index contributed by atoms with van der Waals surface area (Å²) < 4.78 is 39.4. The Morgan fingerprint density at radius 2 is 1.88 bits per heavy atom. The van der Waals surface area contributed by atoms with E-state index in [2.05, 4.69) is 32.6 Å². The summed E-state index contributed by atoms with van der Waals surface area (Å²) in [6, 6.07) is 0. The predicted octanol–water partition coefficient (Wildman–Crippen LogP) is 1.81. The number of halogens is 3. The zero-order valence-electron chi connectivity index (χ0n) is 15.1. The molecule has 2 rings (SSSR count). The molecule has 2 N–H and O–H groups in total. The summed E-state index contributed by atoms with van der Waals surface area (Å²) in [6.07, 6.45) is -3.00. The van der Waals surface area contributed by atoms with Crippen molar-refractivity contribution in [3.05, 3.63) is 22.8 Å². The number of carbonyl (C=O) groups excluding carboxylic acids is 1. The molecule has 26 heavy (non-hydrogen) atoms. The monoisotopic (exact) mass is 372 g/mol. The molecule has 0 saturated carbocycles. The Hall–Kier alpha value is -2.23. The molecule has 2 aromatic heterocycles. The number of nitrogens with zero attached hydrogens (tertiary/aromatic N) is 4. The number of aryl methyl sites for hydroxylation is 2. The van der Waals surface area contributed by atoms with Gasteiger partial charge < -0.3 is 10.6 Å². The molecule has 0 saturated heterocycles. The standard InChI is InChI=1S/C16H23F3N6O/c1-4-7-20-8-9-21-13(26)6-5-12-10(2)22-15-23-14(16(17,18)19)24-25(15)11(12)3/h20H,4-9H2,1-3H3,(H,21,26). The predicted molar refractivity (Wildman–Crippen MR) is 89.7 cm³/mol. The number of aromatic nitrogens is 4. The van der Waals surface area contributed by atoms with E-state index >= 15 is 0 Å². The van der Waals surface area contributed by atoms with Crippen LogP contribution in [0.3, 0.4) is 0 Å². The van der Waals surface area contributed by atoms with Gasteiger partial charge in [-0.1, -0.05) is 6.92 Å². The van der Waals surface area contributed by atoms with E-state index in [-0.39, 0.29) is 18.1 Å². The Morgan fingerprint density at radius 3 is 2.54 bits per heavy atom. The van der Waals surface area contributed by atoms with Crippen LogP contribution in [0.25, 0.3) is 5.78 Å². The van der Waals surface area contributed by atoms with Crippen molar-refractivity contribution in [2.75, 3.05) is 19.6 Å². The average molecular weight is 372 g/mol. The van der Waals surface area contributed by atoms with E-state index in [4.69, 9.17) is 0 Å². The first kappa shape index (κ1) is 20.1. The smallest absolute Gasteiger partial charge is 0.355 e. The summed E-state index contributed by atoms with van der Waals surface area (Å²) in [4.78, 5) is 19.5. The molecule has 2 aromatic rings. The van der Waals surface area contributed by atoms with Crippen molar-refractivity contribution in [3.8, 4) is 0 Å². The van der Waals surface area contributed by atoms with Gasteiger partial charge in [-0.15, -0.1) is 5.10 Å². The molecule has 0 fully saturated rings. The van der Waals surface area contributed by atoms with Crippen molar-refractivity contribution in [1.29, 1.82) is 0 Å². The third kappa shape index (κ3) is 4.90. The lowest BCUT2D eigenvalue weighted by Crippen LogP contribution is -2.32. The van der Waals surface area contributed by atoms with Gasteiger partial charge in [0.1, 0.15) is 0 Å². The summed E-state index contributed by atoms with van der Waals surface area (Å²) in [5.74, 6) is -1.43. The number of hydrogen-bond acceptors (Lipinski definition) is 5.